The standard InChI is InChI=1S/C25H28BrN3O6S/c1-27(2)36(33,34)20-9-5-18(6-10-20)23(30)21-22(17-3-7-19(26)8-4-17)29(25(32)24(21)31)12-11-28-13-15-35-16-14-28/h3-10,22,30H,11-16H2,1-2H3/b23-21+. The summed E-state index contributed by atoms with van der Waals surface area (Å²) in [5, 5.41) is 11.2. The van der Waals surface area contributed by atoms with Crippen LogP contribution in [0.1, 0.15) is 17.2 Å². The van der Waals surface area contributed by atoms with Gasteiger partial charge in [0.2, 0.25) is 10.0 Å². The molecule has 2 saturated heterocycles. The number of ketones is 1. The fourth-order valence-electron chi connectivity index (χ4n) is 4.33. The second-order valence-corrected chi connectivity index (χ2v) is 11.9. The lowest BCUT2D eigenvalue weighted by Crippen LogP contribution is -2.42. The van der Waals surface area contributed by atoms with E-state index in [0.717, 1.165) is 21.9 Å². The van der Waals surface area contributed by atoms with E-state index < -0.39 is 27.8 Å². The Morgan fingerprint density at radius 1 is 1.03 bits per heavy atom. The van der Waals surface area contributed by atoms with Crippen LogP contribution in [0.2, 0.25) is 0 Å². The van der Waals surface area contributed by atoms with E-state index in [9.17, 15) is 23.1 Å². The number of nitrogens with zero attached hydrogens (tertiary/aromatic N) is 3. The summed E-state index contributed by atoms with van der Waals surface area (Å²) in [4.78, 5) is 30.0. The molecule has 4 rings (SSSR count). The third kappa shape index (κ3) is 5.25. The van der Waals surface area contributed by atoms with Crippen molar-refractivity contribution in [2.75, 3.05) is 53.5 Å². The summed E-state index contributed by atoms with van der Waals surface area (Å²) in [6.07, 6.45) is 0. The number of hydrogen-bond donors (Lipinski definition) is 1. The molecule has 1 N–H and O–H groups in total. The number of carbonyl (C=O) groups excluding carboxylic acids is 2. The number of aliphatic hydroxyl groups excluding tert-OH is 1. The van der Waals surface area contributed by atoms with Crippen molar-refractivity contribution >= 4 is 43.4 Å². The van der Waals surface area contributed by atoms with Crippen LogP contribution in [0.5, 0.6) is 0 Å². The van der Waals surface area contributed by atoms with Gasteiger partial charge in [0.25, 0.3) is 11.7 Å². The summed E-state index contributed by atoms with van der Waals surface area (Å²) in [5.41, 5.74) is 0.918. The van der Waals surface area contributed by atoms with E-state index >= 15 is 0 Å². The van der Waals surface area contributed by atoms with Crippen LogP contribution in [0.4, 0.5) is 0 Å². The van der Waals surface area contributed by atoms with Crippen LogP contribution in [-0.4, -0.2) is 92.8 Å². The molecule has 2 aromatic rings. The summed E-state index contributed by atoms with van der Waals surface area (Å²) in [6, 6.07) is 12.1. The third-order valence-corrected chi connectivity index (χ3v) is 8.75. The SMILES string of the molecule is CN(C)S(=O)(=O)c1ccc(/C(O)=C2\C(=O)C(=O)N(CCN3CCOCC3)C2c2ccc(Br)cc2)cc1. The second kappa shape index (κ2) is 10.8. The van der Waals surface area contributed by atoms with Crippen molar-refractivity contribution < 1.29 is 27.9 Å². The number of Topliss-reactive ketones (excluding diaryl/α,β-unsaturated/α-hetero) is 1. The minimum absolute atomic E-state index is 0.0208. The number of ether oxygens (including phenoxy) is 1. The molecule has 1 atom stereocenters. The molecule has 0 saturated carbocycles. The molecule has 2 aliphatic rings. The lowest BCUT2D eigenvalue weighted by atomic mass is 9.95. The first kappa shape index (κ1) is 26.5. The molecular formula is C25H28BrN3O6S. The number of rotatable bonds is 7. The molecular weight excluding hydrogens is 550 g/mol. The zero-order valence-electron chi connectivity index (χ0n) is 20.1. The van der Waals surface area contributed by atoms with Gasteiger partial charge in [0.1, 0.15) is 5.76 Å². The monoisotopic (exact) mass is 577 g/mol. The molecule has 2 heterocycles. The van der Waals surface area contributed by atoms with Gasteiger partial charge in [0, 0.05) is 50.3 Å². The highest BCUT2D eigenvalue weighted by atomic mass is 79.9. The smallest absolute Gasteiger partial charge is 0.295 e. The van der Waals surface area contributed by atoms with Crippen molar-refractivity contribution in [2.45, 2.75) is 10.9 Å². The summed E-state index contributed by atoms with van der Waals surface area (Å²) in [7, 11) is -0.794. The van der Waals surface area contributed by atoms with Crippen LogP contribution >= 0.6 is 15.9 Å². The van der Waals surface area contributed by atoms with Gasteiger partial charge in [-0.2, -0.15) is 0 Å². The Bertz CT molecular complexity index is 1270. The molecule has 2 aromatic carbocycles. The molecule has 0 bridgehead atoms. The number of hydrogen-bond acceptors (Lipinski definition) is 7. The molecule has 1 amide bonds. The van der Waals surface area contributed by atoms with E-state index in [0.29, 0.717) is 31.9 Å². The number of halogens is 1. The number of morpholine rings is 1. The van der Waals surface area contributed by atoms with Crippen molar-refractivity contribution in [1.82, 2.24) is 14.1 Å². The predicted molar refractivity (Wildman–Crippen MR) is 138 cm³/mol. The van der Waals surface area contributed by atoms with Crippen LogP contribution < -0.4 is 0 Å². The third-order valence-electron chi connectivity index (χ3n) is 6.39. The van der Waals surface area contributed by atoms with Gasteiger partial charge in [-0.25, -0.2) is 12.7 Å². The summed E-state index contributed by atoms with van der Waals surface area (Å²) < 4.78 is 32.1. The Morgan fingerprint density at radius 2 is 1.64 bits per heavy atom. The first-order valence-electron chi connectivity index (χ1n) is 11.5. The maximum absolute atomic E-state index is 13.2. The van der Waals surface area contributed by atoms with Gasteiger partial charge in [-0.05, 0) is 42.0 Å². The van der Waals surface area contributed by atoms with Crippen LogP contribution in [-0.2, 0) is 24.3 Å². The van der Waals surface area contributed by atoms with Crippen LogP contribution in [0.3, 0.4) is 0 Å². The zero-order valence-corrected chi connectivity index (χ0v) is 22.5. The number of benzene rings is 2. The number of sulfonamides is 1. The van der Waals surface area contributed by atoms with E-state index in [4.69, 9.17) is 4.74 Å². The molecule has 0 aromatic heterocycles. The number of carbonyl (C=O) groups is 2. The van der Waals surface area contributed by atoms with Gasteiger partial charge in [-0.3, -0.25) is 14.5 Å². The number of aliphatic hydroxyl groups is 1. The summed E-state index contributed by atoms with van der Waals surface area (Å²) in [5.74, 6) is -1.79. The van der Waals surface area contributed by atoms with Gasteiger partial charge >= 0.3 is 0 Å². The van der Waals surface area contributed by atoms with Gasteiger partial charge in [0.05, 0.1) is 29.7 Å². The Balaban J connectivity index is 1.72. The molecule has 0 aliphatic carbocycles. The fraction of sp³-hybridized carbons (Fsp3) is 0.360. The van der Waals surface area contributed by atoms with E-state index in [1.165, 1.54) is 43.3 Å². The Morgan fingerprint density at radius 3 is 2.22 bits per heavy atom. The molecule has 2 fully saturated rings. The molecule has 11 heteroatoms. The topological polar surface area (TPSA) is 107 Å². The molecule has 2 aliphatic heterocycles. The van der Waals surface area contributed by atoms with Gasteiger partial charge in [-0.1, -0.05) is 28.1 Å². The fourth-order valence-corrected chi connectivity index (χ4v) is 5.49. The Labute approximate surface area is 219 Å². The molecule has 36 heavy (non-hydrogen) atoms. The minimum atomic E-state index is -3.65. The van der Waals surface area contributed by atoms with Gasteiger partial charge < -0.3 is 14.7 Å². The average Bonchev–Trinajstić information content (AvgIpc) is 3.13. The lowest BCUT2D eigenvalue weighted by molar-refractivity contribution is -0.140. The molecule has 9 nitrogen and oxygen atoms in total. The van der Waals surface area contributed by atoms with Crippen LogP contribution in [0.25, 0.3) is 5.76 Å². The second-order valence-electron chi connectivity index (χ2n) is 8.81. The van der Waals surface area contributed by atoms with Crippen molar-refractivity contribution in [3.05, 3.63) is 69.7 Å². The molecule has 0 radical (unpaired) electrons. The maximum Gasteiger partial charge on any atom is 0.295 e. The van der Waals surface area contributed by atoms with Crippen molar-refractivity contribution in [2.24, 2.45) is 0 Å². The summed E-state index contributed by atoms with van der Waals surface area (Å²) in [6.45, 7) is 3.61. The minimum Gasteiger partial charge on any atom is -0.507 e. The van der Waals surface area contributed by atoms with Gasteiger partial charge in [0.15, 0.2) is 0 Å². The van der Waals surface area contributed by atoms with Crippen molar-refractivity contribution in [3.63, 3.8) is 0 Å². The largest absolute Gasteiger partial charge is 0.507 e. The molecule has 0 spiro atoms. The Kier molecular flexibility index (Phi) is 7.96. The number of amides is 1. The average molecular weight is 578 g/mol. The van der Waals surface area contributed by atoms with E-state index in [1.54, 1.807) is 0 Å². The van der Waals surface area contributed by atoms with Crippen LogP contribution in [0.15, 0.2) is 63.5 Å². The first-order chi connectivity index (χ1) is 17.1. The van der Waals surface area contributed by atoms with E-state index in [-0.39, 0.29) is 21.8 Å². The summed E-state index contributed by atoms with van der Waals surface area (Å²) >= 11 is 3.41. The zero-order chi connectivity index (χ0) is 26.0. The van der Waals surface area contributed by atoms with Crippen molar-refractivity contribution in [3.8, 4) is 0 Å². The quantitative estimate of drug-likeness (QED) is 0.306. The Hall–Kier alpha value is -2.57. The molecule has 192 valence electrons. The van der Waals surface area contributed by atoms with Crippen LogP contribution in [0, 0.1) is 0 Å². The lowest BCUT2D eigenvalue weighted by Gasteiger charge is -2.31. The maximum atomic E-state index is 13.2. The number of likely N-dealkylation sites (tertiary alicyclic amines) is 1. The highest BCUT2D eigenvalue weighted by Gasteiger charge is 2.46. The van der Waals surface area contributed by atoms with E-state index in [2.05, 4.69) is 20.8 Å². The first-order valence-corrected chi connectivity index (χ1v) is 13.7. The predicted octanol–water partition coefficient (Wildman–Crippen LogP) is 2.45. The van der Waals surface area contributed by atoms with Gasteiger partial charge in [-0.15, -0.1) is 0 Å². The van der Waals surface area contributed by atoms with E-state index in [1.807, 2.05) is 24.3 Å². The molecule has 1 unspecified atom stereocenters. The normalized spacial score (nSPS) is 20.9. The highest BCUT2D eigenvalue weighted by Crippen LogP contribution is 2.39. The highest BCUT2D eigenvalue weighted by molar-refractivity contribution is 9.10. The van der Waals surface area contributed by atoms with Crippen molar-refractivity contribution in [1.29, 1.82) is 0 Å².